The molecule has 134 valence electrons. The Morgan fingerprint density at radius 3 is 2.64 bits per heavy atom. The van der Waals surface area contributed by atoms with Crippen molar-refractivity contribution in [2.45, 2.75) is 26.3 Å². The molecule has 0 fully saturated rings. The number of pyridine rings is 1. The van der Waals surface area contributed by atoms with Crippen LogP contribution in [0.5, 0.6) is 11.5 Å². The van der Waals surface area contributed by atoms with Crippen LogP contribution in [0.25, 0.3) is 0 Å². The van der Waals surface area contributed by atoms with Crippen LogP contribution in [-0.2, 0) is 6.54 Å². The molecule has 0 spiro atoms. The van der Waals surface area contributed by atoms with Crippen molar-refractivity contribution in [2.75, 3.05) is 26.1 Å². The van der Waals surface area contributed by atoms with E-state index in [1.54, 1.807) is 32.5 Å². The van der Waals surface area contributed by atoms with E-state index in [1.807, 2.05) is 18.2 Å². The summed E-state index contributed by atoms with van der Waals surface area (Å²) in [6.07, 6.45) is 3.81. The number of carbonyl (C=O) groups is 1. The van der Waals surface area contributed by atoms with Crippen LogP contribution >= 0.6 is 0 Å². The van der Waals surface area contributed by atoms with Crippen LogP contribution in [0, 0.1) is 0 Å². The largest absolute Gasteiger partial charge is 0.493 e. The number of methoxy groups -OCH3 is 2. The van der Waals surface area contributed by atoms with Crippen molar-refractivity contribution in [3.05, 3.63) is 47.7 Å². The topological polar surface area (TPSA) is 72.5 Å². The normalized spacial score (nSPS) is 10.2. The molecule has 2 aromatic rings. The molecule has 2 rings (SSSR count). The summed E-state index contributed by atoms with van der Waals surface area (Å²) in [6.45, 7) is 3.38. The Morgan fingerprint density at radius 1 is 1.12 bits per heavy atom. The van der Waals surface area contributed by atoms with E-state index in [0.717, 1.165) is 24.9 Å². The molecular formula is C19H25N3O3. The summed E-state index contributed by atoms with van der Waals surface area (Å²) in [4.78, 5) is 16.6. The zero-order valence-corrected chi connectivity index (χ0v) is 15.0. The molecule has 1 aromatic heterocycles. The van der Waals surface area contributed by atoms with Gasteiger partial charge in [0.05, 0.1) is 14.2 Å². The molecule has 6 nitrogen and oxygen atoms in total. The third kappa shape index (κ3) is 5.38. The standard InChI is InChI=1S/C19H25N3O3/c1-4-5-9-20-18-12-15(8-10-21-18)19(23)22-13-14-6-7-16(24-2)17(11-14)25-3/h6-8,10-12H,4-5,9,13H2,1-3H3,(H,20,21)(H,22,23). The number of rotatable bonds is 9. The first-order valence-corrected chi connectivity index (χ1v) is 8.37. The highest BCUT2D eigenvalue weighted by Crippen LogP contribution is 2.27. The van der Waals surface area contributed by atoms with E-state index >= 15 is 0 Å². The van der Waals surface area contributed by atoms with E-state index in [1.165, 1.54) is 0 Å². The number of unbranched alkanes of at least 4 members (excludes halogenated alkanes) is 1. The SMILES string of the molecule is CCCCNc1cc(C(=O)NCc2ccc(OC)c(OC)c2)ccn1. The number of nitrogens with zero attached hydrogens (tertiary/aromatic N) is 1. The predicted octanol–water partition coefficient (Wildman–Crippen LogP) is 3.24. The number of anilines is 1. The molecule has 0 saturated carbocycles. The Bertz CT molecular complexity index is 704. The molecular weight excluding hydrogens is 318 g/mol. The molecule has 0 bridgehead atoms. The lowest BCUT2D eigenvalue weighted by Gasteiger charge is -2.11. The van der Waals surface area contributed by atoms with Crippen LogP contribution in [0.1, 0.15) is 35.7 Å². The summed E-state index contributed by atoms with van der Waals surface area (Å²) < 4.78 is 10.5. The second-order valence-electron chi connectivity index (χ2n) is 5.58. The number of benzene rings is 1. The maximum Gasteiger partial charge on any atom is 0.251 e. The lowest BCUT2D eigenvalue weighted by molar-refractivity contribution is 0.0951. The molecule has 25 heavy (non-hydrogen) atoms. The minimum absolute atomic E-state index is 0.143. The summed E-state index contributed by atoms with van der Waals surface area (Å²) in [7, 11) is 3.18. The summed E-state index contributed by atoms with van der Waals surface area (Å²) >= 11 is 0. The average molecular weight is 343 g/mol. The van der Waals surface area contributed by atoms with E-state index < -0.39 is 0 Å². The predicted molar refractivity (Wildman–Crippen MR) is 98.4 cm³/mol. The quantitative estimate of drug-likeness (QED) is 0.684. The van der Waals surface area contributed by atoms with Gasteiger partial charge in [0.1, 0.15) is 5.82 Å². The Kier molecular flexibility index (Phi) is 7.07. The lowest BCUT2D eigenvalue weighted by atomic mass is 10.2. The monoisotopic (exact) mass is 343 g/mol. The second kappa shape index (κ2) is 9.52. The maximum absolute atomic E-state index is 12.4. The van der Waals surface area contributed by atoms with Gasteiger partial charge >= 0.3 is 0 Å². The van der Waals surface area contributed by atoms with Crippen LogP contribution in [0.4, 0.5) is 5.82 Å². The van der Waals surface area contributed by atoms with E-state index in [9.17, 15) is 4.79 Å². The zero-order valence-electron chi connectivity index (χ0n) is 15.0. The van der Waals surface area contributed by atoms with E-state index in [4.69, 9.17) is 9.47 Å². The Hall–Kier alpha value is -2.76. The molecule has 6 heteroatoms. The van der Waals surface area contributed by atoms with Gasteiger partial charge in [-0.2, -0.15) is 0 Å². The molecule has 1 aromatic carbocycles. The maximum atomic E-state index is 12.4. The highest BCUT2D eigenvalue weighted by atomic mass is 16.5. The highest BCUT2D eigenvalue weighted by molar-refractivity contribution is 5.94. The molecule has 1 amide bonds. The van der Waals surface area contributed by atoms with Crippen molar-refractivity contribution in [3.8, 4) is 11.5 Å². The molecule has 0 atom stereocenters. The van der Waals surface area contributed by atoms with Gasteiger partial charge in [0.25, 0.3) is 5.91 Å². The van der Waals surface area contributed by atoms with Crippen molar-refractivity contribution in [3.63, 3.8) is 0 Å². The van der Waals surface area contributed by atoms with Gasteiger partial charge in [-0.1, -0.05) is 19.4 Å². The number of amides is 1. The molecule has 0 aliphatic carbocycles. The number of aromatic nitrogens is 1. The van der Waals surface area contributed by atoms with Crippen molar-refractivity contribution in [1.29, 1.82) is 0 Å². The van der Waals surface area contributed by atoms with Gasteiger partial charge in [0, 0.05) is 24.8 Å². The van der Waals surface area contributed by atoms with Crippen LogP contribution in [0.15, 0.2) is 36.5 Å². The van der Waals surface area contributed by atoms with Gasteiger partial charge in [0.15, 0.2) is 11.5 Å². The fraction of sp³-hybridized carbons (Fsp3) is 0.368. The van der Waals surface area contributed by atoms with Gasteiger partial charge in [-0.3, -0.25) is 4.79 Å². The first-order valence-electron chi connectivity index (χ1n) is 8.37. The van der Waals surface area contributed by atoms with Gasteiger partial charge in [-0.15, -0.1) is 0 Å². The summed E-state index contributed by atoms with van der Waals surface area (Å²) in [6, 6.07) is 9.03. The fourth-order valence-corrected chi connectivity index (χ4v) is 2.34. The van der Waals surface area contributed by atoms with Gasteiger partial charge in [-0.05, 0) is 36.2 Å². The Labute approximate surface area is 148 Å². The van der Waals surface area contributed by atoms with Crippen LogP contribution in [0.3, 0.4) is 0 Å². The second-order valence-corrected chi connectivity index (χ2v) is 5.58. The summed E-state index contributed by atoms with van der Waals surface area (Å²) in [5.41, 5.74) is 1.51. The van der Waals surface area contributed by atoms with Crippen molar-refractivity contribution in [2.24, 2.45) is 0 Å². The van der Waals surface area contributed by atoms with E-state index in [-0.39, 0.29) is 5.91 Å². The molecule has 1 heterocycles. The lowest BCUT2D eigenvalue weighted by Crippen LogP contribution is -2.23. The van der Waals surface area contributed by atoms with Crippen molar-refractivity contribution >= 4 is 11.7 Å². The zero-order chi connectivity index (χ0) is 18.1. The first-order chi connectivity index (χ1) is 12.2. The molecule has 0 saturated heterocycles. The van der Waals surface area contributed by atoms with Crippen molar-refractivity contribution < 1.29 is 14.3 Å². The molecule has 0 aliphatic rings. The number of hydrogen-bond acceptors (Lipinski definition) is 5. The Morgan fingerprint density at radius 2 is 1.92 bits per heavy atom. The van der Waals surface area contributed by atoms with Crippen molar-refractivity contribution in [1.82, 2.24) is 10.3 Å². The number of carbonyl (C=O) groups excluding carboxylic acids is 1. The third-order valence-electron chi connectivity index (χ3n) is 3.76. The highest BCUT2D eigenvalue weighted by Gasteiger charge is 2.09. The van der Waals surface area contributed by atoms with Gasteiger partial charge < -0.3 is 20.1 Å². The molecule has 0 unspecified atom stereocenters. The minimum atomic E-state index is -0.143. The Balaban J connectivity index is 1.97. The van der Waals surface area contributed by atoms with Gasteiger partial charge in [-0.25, -0.2) is 4.98 Å². The number of ether oxygens (including phenoxy) is 2. The summed E-state index contributed by atoms with van der Waals surface area (Å²) in [5.74, 6) is 1.87. The smallest absolute Gasteiger partial charge is 0.251 e. The third-order valence-corrected chi connectivity index (χ3v) is 3.76. The van der Waals surface area contributed by atoms with Crippen LogP contribution in [0.2, 0.25) is 0 Å². The average Bonchev–Trinajstić information content (AvgIpc) is 2.66. The fourth-order valence-electron chi connectivity index (χ4n) is 2.34. The van der Waals surface area contributed by atoms with Gasteiger partial charge in [0.2, 0.25) is 0 Å². The molecule has 2 N–H and O–H groups in total. The molecule has 0 aliphatic heterocycles. The van der Waals surface area contributed by atoms with E-state index in [0.29, 0.717) is 29.4 Å². The van der Waals surface area contributed by atoms with Crippen LogP contribution in [-0.4, -0.2) is 31.7 Å². The number of nitrogens with one attached hydrogen (secondary N) is 2. The van der Waals surface area contributed by atoms with Crippen LogP contribution < -0.4 is 20.1 Å². The molecule has 0 radical (unpaired) electrons. The summed E-state index contributed by atoms with van der Waals surface area (Å²) in [5, 5.41) is 6.13. The minimum Gasteiger partial charge on any atom is -0.493 e. The van der Waals surface area contributed by atoms with E-state index in [2.05, 4.69) is 22.5 Å². The number of hydrogen-bond donors (Lipinski definition) is 2. The first kappa shape index (κ1) is 18.6.